The van der Waals surface area contributed by atoms with Gasteiger partial charge in [0.1, 0.15) is 5.75 Å². The molecule has 4 nitrogen and oxygen atoms in total. The zero-order valence-electron chi connectivity index (χ0n) is 16.4. The number of nitrogens with two attached hydrogens (primary N) is 1. The lowest BCUT2D eigenvalue weighted by atomic mass is 10.0. The Morgan fingerprint density at radius 2 is 1.81 bits per heavy atom. The fraction of sp³-hybridized carbons (Fsp3) is 0.364. The molecule has 2 N–H and O–H groups in total. The Morgan fingerprint density at radius 1 is 1.11 bits per heavy atom. The maximum absolute atomic E-state index is 5.94. The molecule has 2 rings (SSSR count). The first-order valence-electron chi connectivity index (χ1n) is 9.37. The monoisotopic (exact) mass is 383 g/mol. The van der Waals surface area contributed by atoms with Crippen molar-refractivity contribution < 1.29 is 4.74 Å². The average Bonchev–Trinajstić information content (AvgIpc) is 2.66. The predicted molar refractivity (Wildman–Crippen MR) is 118 cm³/mol. The molecule has 2 aromatic rings. The molecule has 0 saturated heterocycles. The second kappa shape index (κ2) is 11.4. The van der Waals surface area contributed by atoms with E-state index in [1.54, 1.807) is 6.21 Å². The van der Waals surface area contributed by atoms with E-state index in [4.69, 9.17) is 10.5 Å². The molecule has 0 unspecified atom stereocenters. The Labute approximate surface area is 166 Å². The van der Waals surface area contributed by atoms with E-state index >= 15 is 0 Å². The van der Waals surface area contributed by atoms with Crippen LogP contribution >= 0.6 is 11.8 Å². The highest BCUT2D eigenvalue weighted by Crippen LogP contribution is 2.21. The number of rotatable bonds is 9. The van der Waals surface area contributed by atoms with Gasteiger partial charge in [0, 0.05) is 11.3 Å². The topological polar surface area (TPSA) is 60.0 Å². The van der Waals surface area contributed by atoms with Crippen molar-refractivity contribution in [1.29, 1.82) is 0 Å². The summed E-state index contributed by atoms with van der Waals surface area (Å²) in [5.41, 5.74) is 10.5. The Bertz CT molecular complexity index is 749. The fourth-order valence-corrected chi connectivity index (χ4v) is 3.28. The number of amidine groups is 1. The Balaban J connectivity index is 1.93. The molecule has 0 aromatic heterocycles. The van der Waals surface area contributed by atoms with Gasteiger partial charge in [0.25, 0.3) is 0 Å². The highest BCUT2D eigenvalue weighted by molar-refractivity contribution is 8.13. The van der Waals surface area contributed by atoms with Gasteiger partial charge in [-0.15, -0.1) is 5.10 Å². The maximum Gasteiger partial charge on any atom is 0.180 e. The van der Waals surface area contributed by atoms with Gasteiger partial charge in [-0.3, -0.25) is 0 Å². The Hall–Kier alpha value is -2.27. The second-order valence-electron chi connectivity index (χ2n) is 6.48. The van der Waals surface area contributed by atoms with Gasteiger partial charge < -0.3 is 10.5 Å². The molecule has 0 aliphatic carbocycles. The average molecular weight is 384 g/mol. The SMILES string of the molecule is CCCCCOc1cc(C)c(C=NN=C(N)SCc2ccccc2)c(C)c1. The number of thioether (sulfide) groups is 1. The van der Waals surface area contributed by atoms with Crippen LogP contribution in [0, 0.1) is 13.8 Å². The molecular weight excluding hydrogens is 354 g/mol. The second-order valence-corrected chi connectivity index (χ2v) is 7.48. The third-order valence-electron chi connectivity index (χ3n) is 4.16. The quantitative estimate of drug-likeness (QED) is 0.271. The van der Waals surface area contributed by atoms with E-state index in [1.165, 1.54) is 30.2 Å². The van der Waals surface area contributed by atoms with Crippen LogP contribution in [-0.4, -0.2) is 18.0 Å². The molecule has 0 fully saturated rings. The van der Waals surface area contributed by atoms with Crippen molar-refractivity contribution in [2.24, 2.45) is 15.9 Å². The van der Waals surface area contributed by atoms with Crippen molar-refractivity contribution >= 4 is 23.1 Å². The van der Waals surface area contributed by atoms with Gasteiger partial charge in [0.2, 0.25) is 0 Å². The highest BCUT2D eigenvalue weighted by Gasteiger charge is 2.04. The summed E-state index contributed by atoms with van der Waals surface area (Å²) in [5, 5.41) is 8.73. The van der Waals surface area contributed by atoms with Crippen molar-refractivity contribution in [2.75, 3.05) is 6.61 Å². The minimum atomic E-state index is 0.460. The standard InChI is InChI=1S/C22H29N3OS/c1-4-5-9-12-26-20-13-17(2)21(18(3)14-20)15-24-25-22(23)27-16-19-10-7-6-8-11-19/h6-8,10-11,13-15H,4-5,9,12,16H2,1-3H3,(H2,23,25). The van der Waals surface area contributed by atoms with Crippen LogP contribution in [0.5, 0.6) is 5.75 Å². The summed E-state index contributed by atoms with van der Waals surface area (Å²) in [4.78, 5) is 0. The van der Waals surface area contributed by atoms with Gasteiger partial charge in [-0.1, -0.05) is 61.9 Å². The minimum Gasteiger partial charge on any atom is -0.494 e. The van der Waals surface area contributed by atoms with E-state index in [0.717, 1.165) is 41.2 Å². The van der Waals surface area contributed by atoms with Crippen molar-refractivity contribution in [3.05, 3.63) is 64.7 Å². The zero-order valence-corrected chi connectivity index (χ0v) is 17.3. The van der Waals surface area contributed by atoms with Gasteiger partial charge in [-0.2, -0.15) is 5.10 Å². The molecule has 0 radical (unpaired) electrons. The third kappa shape index (κ3) is 7.47. The van der Waals surface area contributed by atoms with Gasteiger partial charge in [-0.25, -0.2) is 0 Å². The molecule has 144 valence electrons. The molecule has 0 amide bonds. The summed E-state index contributed by atoms with van der Waals surface area (Å²) < 4.78 is 5.85. The molecule has 0 aliphatic heterocycles. The van der Waals surface area contributed by atoms with Crippen LogP contribution in [0.15, 0.2) is 52.7 Å². The van der Waals surface area contributed by atoms with Gasteiger partial charge >= 0.3 is 0 Å². The number of hydrogen-bond acceptors (Lipinski definition) is 4. The highest BCUT2D eigenvalue weighted by atomic mass is 32.2. The van der Waals surface area contributed by atoms with E-state index in [0.29, 0.717) is 5.17 Å². The Kier molecular flexibility index (Phi) is 8.92. The molecule has 0 heterocycles. The van der Waals surface area contributed by atoms with Crippen molar-refractivity contribution in [2.45, 2.75) is 45.8 Å². The molecule has 0 saturated carbocycles. The first-order valence-corrected chi connectivity index (χ1v) is 10.4. The van der Waals surface area contributed by atoms with Crippen LogP contribution in [0.1, 0.15) is 48.4 Å². The third-order valence-corrected chi connectivity index (χ3v) is 5.01. The normalized spacial score (nSPS) is 11.9. The van der Waals surface area contributed by atoms with Gasteiger partial charge in [0.05, 0.1) is 12.8 Å². The van der Waals surface area contributed by atoms with E-state index in [-0.39, 0.29) is 0 Å². The first kappa shape index (κ1) is 21.0. The molecule has 0 spiro atoms. The van der Waals surface area contributed by atoms with Crippen LogP contribution in [0.2, 0.25) is 0 Å². The lowest BCUT2D eigenvalue weighted by Gasteiger charge is -2.10. The summed E-state index contributed by atoms with van der Waals surface area (Å²) in [6, 6.07) is 14.3. The smallest absolute Gasteiger partial charge is 0.180 e. The van der Waals surface area contributed by atoms with Crippen LogP contribution in [0.4, 0.5) is 0 Å². The molecule has 27 heavy (non-hydrogen) atoms. The van der Waals surface area contributed by atoms with Crippen molar-refractivity contribution in [1.82, 2.24) is 0 Å². The zero-order chi connectivity index (χ0) is 19.5. The van der Waals surface area contributed by atoms with E-state index in [1.807, 2.05) is 18.2 Å². The van der Waals surface area contributed by atoms with E-state index in [2.05, 4.69) is 55.2 Å². The molecule has 0 aliphatic rings. The lowest BCUT2D eigenvalue weighted by Crippen LogP contribution is -2.06. The number of nitrogens with zero attached hydrogens (tertiary/aromatic N) is 2. The van der Waals surface area contributed by atoms with Crippen molar-refractivity contribution in [3.63, 3.8) is 0 Å². The van der Waals surface area contributed by atoms with Crippen molar-refractivity contribution in [3.8, 4) is 5.75 Å². The molecule has 2 aromatic carbocycles. The van der Waals surface area contributed by atoms with Crippen LogP contribution < -0.4 is 10.5 Å². The van der Waals surface area contributed by atoms with E-state index in [9.17, 15) is 0 Å². The summed E-state index contributed by atoms with van der Waals surface area (Å²) in [7, 11) is 0. The summed E-state index contributed by atoms with van der Waals surface area (Å²) in [6.45, 7) is 7.08. The van der Waals surface area contributed by atoms with Crippen LogP contribution in [0.3, 0.4) is 0 Å². The summed E-state index contributed by atoms with van der Waals surface area (Å²) in [6.07, 6.45) is 5.25. The first-order chi connectivity index (χ1) is 13.1. The number of unbranched alkanes of at least 4 members (excludes halogenated alkanes) is 2. The van der Waals surface area contributed by atoms with Crippen LogP contribution in [0.25, 0.3) is 0 Å². The molecule has 0 bridgehead atoms. The van der Waals surface area contributed by atoms with E-state index < -0.39 is 0 Å². The fourth-order valence-electron chi connectivity index (χ4n) is 2.67. The van der Waals surface area contributed by atoms with Gasteiger partial charge in [-0.05, 0) is 49.1 Å². The number of ether oxygens (including phenoxy) is 1. The summed E-state index contributed by atoms with van der Waals surface area (Å²) in [5.74, 6) is 1.70. The largest absolute Gasteiger partial charge is 0.494 e. The van der Waals surface area contributed by atoms with Crippen LogP contribution in [-0.2, 0) is 5.75 Å². The number of aryl methyl sites for hydroxylation is 2. The minimum absolute atomic E-state index is 0.460. The molecular formula is C22H29N3OS. The number of hydrogen-bond donors (Lipinski definition) is 1. The Morgan fingerprint density at radius 3 is 2.48 bits per heavy atom. The number of benzene rings is 2. The lowest BCUT2D eigenvalue weighted by molar-refractivity contribution is 0.306. The summed E-state index contributed by atoms with van der Waals surface area (Å²) >= 11 is 1.48. The molecule has 0 atom stereocenters. The predicted octanol–water partition coefficient (Wildman–Crippen LogP) is 5.45. The van der Waals surface area contributed by atoms with Gasteiger partial charge in [0.15, 0.2) is 5.17 Å². The maximum atomic E-state index is 5.94. The molecule has 5 heteroatoms.